The fraction of sp³-hybridized carbons (Fsp3) is 0.750. The second kappa shape index (κ2) is 2.29. The molecular formula is C8H13N3O. The van der Waals surface area contributed by atoms with Crippen LogP contribution in [-0.2, 0) is 5.54 Å². The van der Waals surface area contributed by atoms with Crippen LogP contribution >= 0.6 is 0 Å². The molecule has 0 atom stereocenters. The lowest BCUT2D eigenvalue weighted by atomic mass is 10.2. The minimum absolute atomic E-state index is 0.0568. The van der Waals surface area contributed by atoms with Crippen LogP contribution < -0.4 is 0 Å². The Morgan fingerprint density at radius 3 is 2.42 bits per heavy atom. The van der Waals surface area contributed by atoms with E-state index in [1.807, 2.05) is 21.0 Å². The molecule has 1 aliphatic rings. The molecule has 0 saturated heterocycles. The molecule has 4 heteroatoms. The summed E-state index contributed by atoms with van der Waals surface area (Å²) in [6.45, 7) is 1.85. The molecule has 0 bridgehead atoms. The zero-order valence-corrected chi connectivity index (χ0v) is 7.66. The first-order valence-electron chi connectivity index (χ1n) is 4.13. The Hall–Kier alpha value is -0.900. The molecule has 0 unspecified atom stereocenters. The van der Waals surface area contributed by atoms with Crippen molar-refractivity contribution in [1.82, 2.24) is 15.0 Å². The molecule has 1 fully saturated rings. The summed E-state index contributed by atoms with van der Waals surface area (Å²) in [6.07, 6.45) is 2.25. The third-order valence-electron chi connectivity index (χ3n) is 2.51. The summed E-state index contributed by atoms with van der Waals surface area (Å²) in [5.41, 5.74) is 0.0568. The number of hydrogen-bond acceptors (Lipinski definition) is 4. The van der Waals surface area contributed by atoms with Crippen molar-refractivity contribution >= 4 is 0 Å². The zero-order chi connectivity index (χ0) is 8.77. The van der Waals surface area contributed by atoms with Crippen LogP contribution in [0.3, 0.4) is 0 Å². The minimum Gasteiger partial charge on any atom is -0.337 e. The Morgan fingerprint density at radius 1 is 1.42 bits per heavy atom. The van der Waals surface area contributed by atoms with Gasteiger partial charge in [0.2, 0.25) is 5.89 Å². The summed E-state index contributed by atoms with van der Waals surface area (Å²) in [6, 6.07) is 0. The van der Waals surface area contributed by atoms with E-state index < -0.39 is 0 Å². The van der Waals surface area contributed by atoms with Gasteiger partial charge >= 0.3 is 0 Å². The first-order valence-corrected chi connectivity index (χ1v) is 4.13. The average Bonchev–Trinajstić information content (AvgIpc) is 2.71. The van der Waals surface area contributed by atoms with Gasteiger partial charge in [-0.25, -0.2) is 0 Å². The smallest absolute Gasteiger partial charge is 0.247 e. The lowest BCUT2D eigenvalue weighted by Crippen LogP contribution is -2.27. The largest absolute Gasteiger partial charge is 0.337 e. The molecule has 0 aliphatic heterocycles. The van der Waals surface area contributed by atoms with Gasteiger partial charge in [-0.3, -0.25) is 4.90 Å². The molecule has 0 spiro atoms. The fourth-order valence-corrected chi connectivity index (χ4v) is 1.46. The van der Waals surface area contributed by atoms with Crippen LogP contribution in [0.1, 0.15) is 24.6 Å². The number of rotatable bonds is 2. The molecule has 1 heterocycles. The molecule has 12 heavy (non-hydrogen) atoms. The van der Waals surface area contributed by atoms with Crippen LogP contribution in [0.2, 0.25) is 0 Å². The van der Waals surface area contributed by atoms with Gasteiger partial charge in [-0.1, -0.05) is 5.16 Å². The third kappa shape index (κ3) is 0.948. The Bertz CT molecular complexity index is 288. The van der Waals surface area contributed by atoms with E-state index in [1.54, 1.807) is 0 Å². The maximum atomic E-state index is 5.15. The molecule has 0 radical (unpaired) electrons. The predicted molar refractivity (Wildman–Crippen MR) is 43.6 cm³/mol. The Labute approximate surface area is 71.6 Å². The lowest BCUT2D eigenvalue weighted by molar-refractivity contribution is 0.208. The summed E-state index contributed by atoms with van der Waals surface area (Å²) in [4.78, 5) is 6.40. The van der Waals surface area contributed by atoms with Crippen molar-refractivity contribution in [2.24, 2.45) is 0 Å². The van der Waals surface area contributed by atoms with Crippen LogP contribution in [0, 0.1) is 6.92 Å². The summed E-state index contributed by atoms with van der Waals surface area (Å²) in [7, 11) is 4.10. The van der Waals surface area contributed by atoms with E-state index in [0.717, 1.165) is 24.6 Å². The molecule has 0 N–H and O–H groups in total. The Morgan fingerprint density at radius 2 is 2.08 bits per heavy atom. The van der Waals surface area contributed by atoms with Gasteiger partial charge in [-0.2, -0.15) is 4.98 Å². The number of aryl methyl sites for hydroxylation is 1. The summed E-state index contributed by atoms with van der Waals surface area (Å²) in [5, 5.41) is 3.79. The number of aromatic nitrogens is 2. The SMILES string of the molecule is Cc1noc(C2(N(C)C)CC2)n1. The molecule has 1 aromatic heterocycles. The summed E-state index contributed by atoms with van der Waals surface area (Å²) < 4.78 is 5.15. The predicted octanol–water partition coefficient (Wildman–Crippen LogP) is 0.929. The average molecular weight is 167 g/mol. The molecule has 1 aromatic rings. The number of hydrogen-bond donors (Lipinski definition) is 0. The van der Waals surface area contributed by atoms with Crippen LogP contribution in [0.4, 0.5) is 0 Å². The van der Waals surface area contributed by atoms with Gasteiger partial charge in [0.05, 0.1) is 0 Å². The van der Waals surface area contributed by atoms with Gasteiger partial charge in [0, 0.05) is 0 Å². The highest BCUT2D eigenvalue weighted by Gasteiger charge is 2.51. The number of nitrogens with zero attached hydrogens (tertiary/aromatic N) is 3. The van der Waals surface area contributed by atoms with Crippen molar-refractivity contribution in [3.05, 3.63) is 11.7 Å². The van der Waals surface area contributed by atoms with Crippen molar-refractivity contribution in [3.8, 4) is 0 Å². The molecule has 66 valence electrons. The first-order chi connectivity index (χ1) is 5.65. The normalized spacial score (nSPS) is 20.0. The van der Waals surface area contributed by atoms with Crippen molar-refractivity contribution in [1.29, 1.82) is 0 Å². The maximum absolute atomic E-state index is 5.15. The van der Waals surface area contributed by atoms with Gasteiger partial charge in [0.1, 0.15) is 5.54 Å². The van der Waals surface area contributed by atoms with E-state index in [9.17, 15) is 0 Å². The van der Waals surface area contributed by atoms with E-state index in [-0.39, 0.29) is 5.54 Å². The topological polar surface area (TPSA) is 42.2 Å². The van der Waals surface area contributed by atoms with Crippen LogP contribution in [0.15, 0.2) is 4.52 Å². The highest BCUT2D eigenvalue weighted by Crippen LogP contribution is 2.48. The van der Waals surface area contributed by atoms with E-state index in [1.165, 1.54) is 0 Å². The zero-order valence-electron chi connectivity index (χ0n) is 7.66. The van der Waals surface area contributed by atoms with Gasteiger partial charge in [0.15, 0.2) is 5.82 Å². The Balaban J connectivity index is 2.30. The van der Waals surface area contributed by atoms with E-state index in [0.29, 0.717) is 0 Å². The molecule has 4 nitrogen and oxygen atoms in total. The minimum atomic E-state index is 0.0568. The lowest BCUT2D eigenvalue weighted by Gasteiger charge is -2.18. The molecule has 0 aromatic carbocycles. The molecule has 2 rings (SSSR count). The third-order valence-corrected chi connectivity index (χ3v) is 2.51. The van der Waals surface area contributed by atoms with Crippen LogP contribution in [-0.4, -0.2) is 29.1 Å². The standard InChI is InChI=1S/C8H13N3O/c1-6-9-7(12-10-6)8(4-5-8)11(2)3/h4-5H2,1-3H3. The second-order valence-corrected chi connectivity index (χ2v) is 3.57. The van der Waals surface area contributed by atoms with Crippen LogP contribution in [0.25, 0.3) is 0 Å². The van der Waals surface area contributed by atoms with Gasteiger partial charge < -0.3 is 4.52 Å². The quantitative estimate of drug-likeness (QED) is 0.657. The molecule has 0 amide bonds. The van der Waals surface area contributed by atoms with Crippen molar-refractivity contribution in [2.75, 3.05) is 14.1 Å². The highest BCUT2D eigenvalue weighted by molar-refractivity contribution is 5.13. The van der Waals surface area contributed by atoms with Crippen molar-refractivity contribution in [3.63, 3.8) is 0 Å². The van der Waals surface area contributed by atoms with E-state index >= 15 is 0 Å². The van der Waals surface area contributed by atoms with E-state index in [4.69, 9.17) is 4.52 Å². The van der Waals surface area contributed by atoms with Gasteiger partial charge in [-0.15, -0.1) is 0 Å². The maximum Gasteiger partial charge on any atom is 0.247 e. The monoisotopic (exact) mass is 167 g/mol. The first kappa shape index (κ1) is 7.73. The summed E-state index contributed by atoms with van der Waals surface area (Å²) in [5.74, 6) is 1.49. The highest BCUT2D eigenvalue weighted by atomic mass is 16.5. The van der Waals surface area contributed by atoms with Crippen molar-refractivity contribution < 1.29 is 4.52 Å². The van der Waals surface area contributed by atoms with Gasteiger partial charge in [-0.05, 0) is 33.9 Å². The van der Waals surface area contributed by atoms with Crippen LogP contribution in [0.5, 0.6) is 0 Å². The molecule has 1 saturated carbocycles. The molecule has 1 aliphatic carbocycles. The fourth-order valence-electron chi connectivity index (χ4n) is 1.46. The van der Waals surface area contributed by atoms with Crippen molar-refractivity contribution in [2.45, 2.75) is 25.3 Å². The summed E-state index contributed by atoms with van der Waals surface area (Å²) >= 11 is 0. The van der Waals surface area contributed by atoms with E-state index in [2.05, 4.69) is 15.0 Å². The second-order valence-electron chi connectivity index (χ2n) is 3.57. The van der Waals surface area contributed by atoms with Gasteiger partial charge in [0.25, 0.3) is 0 Å². The molecular weight excluding hydrogens is 154 g/mol. The Kier molecular flexibility index (Phi) is 1.48.